The summed E-state index contributed by atoms with van der Waals surface area (Å²) in [6.45, 7) is 0.736. The Labute approximate surface area is 170 Å². The Balaban J connectivity index is 1.24. The van der Waals surface area contributed by atoms with Crippen molar-refractivity contribution in [2.75, 3.05) is 13.2 Å². The van der Waals surface area contributed by atoms with Crippen molar-refractivity contribution in [3.63, 3.8) is 0 Å². The number of amides is 1. The first kappa shape index (κ1) is 18.0. The average Bonchev–Trinajstić information content (AvgIpc) is 3.32. The van der Waals surface area contributed by atoms with Crippen molar-refractivity contribution in [3.05, 3.63) is 52.3 Å². The first-order valence-corrected chi connectivity index (χ1v) is 10.5. The number of hydrogen-bond acceptors (Lipinski definition) is 6. The summed E-state index contributed by atoms with van der Waals surface area (Å²) in [7, 11) is 0. The minimum Gasteiger partial charge on any atom is -0.485 e. The summed E-state index contributed by atoms with van der Waals surface area (Å²) in [5, 5.41) is 9.31. The van der Waals surface area contributed by atoms with Crippen molar-refractivity contribution < 1.29 is 14.3 Å². The number of nitrogens with one attached hydrogen (secondary N) is 1. The number of aromatic nitrogens is 3. The van der Waals surface area contributed by atoms with Gasteiger partial charge in [0.05, 0.1) is 11.4 Å². The molecule has 5 rings (SSSR count). The van der Waals surface area contributed by atoms with E-state index in [1.54, 1.807) is 28.0 Å². The van der Waals surface area contributed by atoms with Crippen molar-refractivity contribution in [2.24, 2.45) is 0 Å². The van der Waals surface area contributed by atoms with Crippen LogP contribution in [0.3, 0.4) is 0 Å². The second kappa shape index (κ2) is 7.40. The first-order valence-electron chi connectivity index (χ1n) is 9.60. The zero-order valence-electron chi connectivity index (χ0n) is 15.6. The van der Waals surface area contributed by atoms with E-state index < -0.39 is 6.10 Å². The minimum absolute atomic E-state index is 0.128. The maximum Gasteiger partial charge on any atom is 0.346 e. The summed E-state index contributed by atoms with van der Waals surface area (Å²) in [5.74, 6) is 1.63. The maximum atomic E-state index is 12.8. The molecule has 9 heteroatoms. The number of ether oxygens (including phenoxy) is 2. The van der Waals surface area contributed by atoms with Gasteiger partial charge in [-0.1, -0.05) is 18.2 Å². The Morgan fingerprint density at radius 3 is 2.79 bits per heavy atom. The third-order valence-electron chi connectivity index (χ3n) is 4.95. The number of carbonyl (C=O) groups is 1. The van der Waals surface area contributed by atoms with E-state index in [0.29, 0.717) is 23.9 Å². The fourth-order valence-electron chi connectivity index (χ4n) is 3.35. The lowest BCUT2D eigenvalue weighted by molar-refractivity contribution is -0.130. The third-order valence-corrected chi connectivity index (χ3v) is 5.81. The van der Waals surface area contributed by atoms with Crippen molar-refractivity contribution in [1.82, 2.24) is 19.7 Å². The highest BCUT2D eigenvalue weighted by Crippen LogP contribution is 2.37. The van der Waals surface area contributed by atoms with Crippen molar-refractivity contribution in [3.8, 4) is 22.2 Å². The monoisotopic (exact) mass is 412 g/mol. The number of carbonyl (C=O) groups excluding carboxylic acids is 1. The smallest absolute Gasteiger partial charge is 0.346 e. The van der Waals surface area contributed by atoms with Crippen LogP contribution in [0.15, 0.2) is 46.6 Å². The number of nitrogens with zero attached hydrogens (tertiary/aromatic N) is 3. The van der Waals surface area contributed by atoms with Gasteiger partial charge in [0.2, 0.25) is 6.10 Å². The molecule has 1 atom stereocenters. The molecule has 8 nitrogen and oxygen atoms in total. The normalized spacial score (nSPS) is 17.9. The van der Waals surface area contributed by atoms with Crippen LogP contribution in [0, 0.1) is 0 Å². The number of hydrogen-bond donors (Lipinski definition) is 1. The van der Waals surface area contributed by atoms with Gasteiger partial charge >= 0.3 is 5.69 Å². The van der Waals surface area contributed by atoms with Crippen LogP contribution >= 0.6 is 11.3 Å². The molecule has 1 aliphatic heterocycles. The summed E-state index contributed by atoms with van der Waals surface area (Å²) in [5.41, 5.74) is -0.128. The van der Waals surface area contributed by atoms with Crippen LogP contribution in [0.1, 0.15) is 18.9 Å². The fourth-order valence-corrected chi connectivity index (χ4v) is 4.05. The van der Waals surface area contributed by atoms with Gasteiger partial charge in [0.15, 0.2) is 17.3 Å². The quantitative estimate of drug-likeness (QED) is 0.670. The first-order chi connectivity index (χ1) is 14.2. The molecular weight excluding hydrogens is 392 g/mol. The van der Waals surface area contributed by atoms with E-state index in [9.17, 15) is 9.59 Å². The molecule has 0 radical (unpaired) electrons. The lowest BCUT2D eigenvalue weighted by atomic mass is 10.2. The molecular formula is C20H20N4O4S. The van der Waals surface area contributed by atoms with Crippen LogP contribution in [0.5, 0.6) is 11.5 Å². The molecule has 1 unspecified atom stereocenters. The Hall–Kier alpha value is -3.07. The lowest BCUT2D eigenvalue weighted by Crippen LogP contribution is -2.45. The molecule has 1 N–H and O–H groups in total. The predicted octanol–water partition coefficient (Wildman–Crippen LogP) is 2.06. The van der Waals surface area contributed by atoms with Gasteiger partial charge in [-0.25, -0.2) is 9.48 Å². The van der Waals surface area contributed by atoms with Crippen LogP contribution < -0.4 is 20.5 Å². The summed E-state index contributed by atoms with van der Waals surface area (Å²) >= 11 is 1.56. The zero-order valence-corrected chi connectivity index (χ0v) is 16.4. The molecule has 1 fully saturated rings. The topological polar surface area (TPSA) is 87.4 Å². The molecule has 1 saturated carbocycles. The van der Waals surface area contributed by atoms with Gasteiger partial charge in [-0.2, -0.15) is 0 Å². The number of para-hydroxylation sites is 2. The molecule has 3 heterocycles. The number of fused-ring (bicyclic) bond motifs is 1. The molecule has 1 amide bonds. The van der Waals surface area contributed by atoms with Crippen molar-refractivity contribution >= 4 is 17.2 Å². The highest BCUT2D eigenvalue weighted by Gasteiger charge is 2.31. The molecule has 3 aromatic rings. The van der Waals surface area contributed by atoms with Crippen LogP contribution in [-0.4, -0.2) is 39.5 Å². The zero-order chi connectivity index (χ0) is 19.8. The van der Waals surface area contributed by atoms with E-state index in [4.69, 9.17) is 9.47 Å². The van der Waals surface area contributed by atoms with Gasteiger partial charge in [0, 0.05) is 12.6 Å². The van der Waals surface area contributed by atoms with Crippen LogP contribution in [-0.2, 0) is 11.3 Å². The average molecular weight is 412 g/mol. The Morgan fingerprint density at radius 1 is 1.21 bits per heavy atom. The standard InChI is InChI=1S/C20H20N4O4S/c25-19(16-12-27-14-4-1-2-5-15(14)28-16)21-9-10-23-20(26)24(13-7-8-13)18(22-23)17-6-3-11-29-17/h1-6,11,13,16H,7-10,12H2,(H,21,25). The molecule has 2 aliphatic rings. The summed E-state index contributed by atoms with van der Waals surface area (Å²) in [6, 6.07) is 11.4. The Bertz CT molecular complexity index is 1080. The van der Waals surface area contributed by atoms with Crippen molar-refractivity contribution in [1.29, 1.82) is 0 Å². The second-order valence-electron chi connectivity index (χ2n) is 7.06. The van der Waals surface area contributed by atoms with Gasteiger partial charge < -0.3 is 14.8 Å². The lowest BCUT2D eigenvalue weighted by Gasteiger charge is -2.25. The SMILES string of the molecule is O=C(NCCn1nc(-c2cccs2)n(C2CC2)c1=O)C1COc2ccccc2O1. The van der Waals surface area contributed by atoms with Gasteiger partial charge in [-0.3, -0.25) is 9.36 Å². The molecule has 0 bridgehead atoms. The number of rotatable bonds is 6. The Morgan fingerprint density at radius 2 is 2.03 bits per heavy atom. The van der Waals surface area contributed by atoms with Crippen LogP contribution in [0.25, 0.3) is 10.7 Å². The maximum absolute atomic E-state index is 12.8. The van der Waals surface area contributed by atoms with E-state index in [-0.39, 0.29) is 30.8 Å². The number of benzene rings is 1. The van der Waals surface area contributed by atoms with Crippen LogP contribution in [0.4, 0.5) is 0 Å². The highest BCUT2D eigenvalue weighted by molar-refractivity contribution is 7.13. The van der Waals surface area contributed by atoms with E-state index in [0.717, 1.165) is 17.7 Å². The fraction of sp³-hybridized carbons (Fsp3) is 0.350. The largest absolute Gasteiger partial charge is 0.485 e. The molecule has 0 spiro atoms. The summed E-state index contributed by atoms with van der Waals surface area (Å²) in [4.78, 5) is 26.2. The predicted molar refractivity (Wildman–Crippen MR) is 107 cm³/mol. The van der Waals surface area contributed by atoms with E-state index in [2.05, 4.69) is 10.4 Å². The van der Waals surface area contributed by atoms with Crippen LogP contribution in [0.2, 0.25) is 0 Å². The number of thiophene rings is 1. The van der Waals surface area contributed by atoms with Gasteiger partial charge in [-0.15, -0.1) is 16.4 Å². The minimum atomic E-state index is -0.715. The third kappa shape index (κ3) is 3.53. The molecule has 29 heavy (non-hydrogen) atoms. The van der Waals surface area contributed by atoms with Gasteiger partial charge in [0.25, 0.3) is 5.91 Å². The van der Waals surface area contributed by atoms with E-state index in [1.807, 2.05) is 29.6 Å². The van der Waals surface area contributed by atoms with Gasteiger partial charge in [-0.05, 0) is 36.4 Å². The highest BCUT2D eigenvalue weighted by atomic mass is 32.1. The van der Waals surface area contributed by atoms with E-state index >= 15 is 0 Å². The van der Waals surface area contributed by atoms with Gasteiger partial charge in [0.1, 0.15) is 6.61 Å². The molecule has 1 aromatic carbocycles. The summed E-state index contributed by atoms with van der Waals surface area (Å²) < 4.78 is 14.5. The van der Waals surface area contributed by atoms with Crippen molar-refractivity contribution in [2.45, 2.75) is 31.5 Å². The summed E-state index contributed by atoms with van der Waals surface area (Å²) in [6.07, 6.45) is 1.29. The molecule has 1 aliphatic carbocycles. The molecule has 150 valence electrons. The molecule has 0 saturated heterocycles. The van der Waals surface area contributed by atoms with E-state index in [1.165, 1.54) is 4.68 Å². The molecule has 2 aromatic heterocycles. The second-order valence-corrected chi connectivity index (χ2v) is 8.01. The Kier molecular flexibility index (Phi) is 4.59.